The van der Waals surface area contributed by atoms with Gasteiger partial charge in [0.15, 0.2) is 0 Å². The van der Waals surface area contributed by atoms with E-state index in [0.717, 1.165) is 5.01 Å². The van der Waals surface area contributed by atoms with Crippen LogP contribution in [0.1, 0.15) is 12.5 Å². The van der Waals surface area contributed by atoms with E-state index in [2.05, 4.69) is 5.10 Å². The molecule has 0 fully saturated rings. The van der Waals surface area contributed by atoms with Crippen LogP contribution in [0.3, 0.4) is 0 Å². The van der Waals surface area contributed by atoms with Gasteiger partial charge in [0.2, 0.25) is 5.91 Å². The molecule has 1 aliphatic heterocycles. The predicted molar refractivity (Wildman–Crippen MR) is 73.1 cm³/mol. The van der Waals surface area contributed by atoms with Crippen LogP contribution >= 0.6 is 11.6 Å². The van der Waals surface area contributed by atoms with Crippen molar-refractivity contribution in [2.24, 2.45) is 5.10 Å². The normalized spacial score (nSPS) is 17.9. The highest BCUT2D eigenvalue weighted by molar-refractivity contribution is 6.62. The summed E-state index contributed by atoms with van der Waals surface area (Å²) in [6, 6.07) is 5.30. The Bertz CT molecular complexity index is 573. The first-order valence-corrected chi connectivity index (χ1v) is 6.32. The van der Waals surface area contributed by atoms with Gasteiger partial charge in [0.25, 0.3) is 0 Å². The molecule has 0 saturated carbocycles. The Balaban J connectivity index is 2.38. The van der Waals surface area contributed by atoms with Crippen molar-refractivity contribution in [1.29, 1.82) is 0 Å². The number of amides is 2. The largest absolute Gasteiger partial charge is 0.336 e. The fourth-order valence-electron chi connectivity index (χ4n) is 2.00. The zero-order valence-electron chi connectivity index (χ0n) is 11.0. The van der Waals surface area contributed by atoms with Crippen LogP contribution in [0, 0.1) is 5.82 Å². The Labute approximate surface area is 120 Å². The maximum Gasteiger partial charge on any atom is 0.336 e. The molecular weight excluding hydrogens is 285 g/mol. The minimum Gasteiger partial charge on any atom is -0.335 e. The van der Waals surface area contributed by atoms with E-state index >= 15 is 0 Å². The molecule has 1 aliphatic rings. The van der Waals surface area contributed by atoms with Gasteiger partial charge in [0.05, 0.1) is 18.3 Å². The summed E-state index contributed by atoms with van der Waals surface area (Å²) in [6.07, 6.45) is 0. The lowest BCUT2D eigenvalue weighted by Crippen LogP contribution is -2.43. The van der Waals surface area contributed by atoms with Crippen LogP contribution in [0.15, 0.2) is 29.4 Å². The third-order valence-corrected chi connectivity index (χ3v) is 3.39. The summed E-state index contributed by atoms with van der Waals surface area (Å²) >= 11 is 5.43. The molecule has 5 nitrogen and oxygen atoms in total. The average Bonchev–Trinajstić information content (AvgIpc) is 2.83. The van der Waals surface area contributed by atoms with Gasteiger partial charge in [-0.15, -0.1) is 0 Å². The zero-order valence-corrected chi connectivity index (χ0v) is 11.8. The fraction of sp³-hybridized carbons (Fsp3) is 0.308. The highest BCUT2D eigenvalue weighted by Crippen LogP contribution is 2.20. The Morgan fingerprint density at radius 2 is 2.00 bits per heavy atom. The molecule has 1 unspecified atom stereocenters. The van der Waals surface area contributed by atoms with Crippen molar-refractivity contribution in [3.63, 3.8) is 0 Å². The molecule has 1 aromatic rings. The number of hydrogen-bond acceptors (Lipinski definition) is 3. The second-order valence-corrected chi connectivity index (χ2v) is 4.80. The molecule has 0 aliphatic carbocycles. The van der Waals surface area contributed by atoms with Crippen molar-refractivity contribution in [2.75, 3.05) is 13.6 Å². The van der Waals surface area contributed by atoms with Crippen LogP contribution in [0.5, 0.6) is 0 Å². The van der Waals surface area contributed by atoms with E-state index < -0.39 is 11.4 Å². The van der Waals surface area contributed by atoms with Gasteiger partial charge in [-0.05, 0) is 23.7 Å². The molecule has 2 rings (SSSR count). The zero-order chi connectivity index (χ0) is 14.9. The molecule has 0 bridgehead atoms. The molecule has 0 saturated heterocycles. The van der Waals surface area contributed by atoms with Gasteiger partial charge in [0, 0.05) is 19.5 Å². The quantitative estimate of drug-likeness (QED) is 0.620. The number of carbonyl (C=O) groups is 2. The van der Waals surface area contributed by atoms with Crippen LogP contribution < -0.4 is 0 Å². The van der Waals surface area contributed by atoms with E-state index in [0.29, 0.717) is 11.3 Å². The van der Waals surface area contributed by atoms with Gasteiger partial charge in [-0.25, -0.2) is 9.40 Å². The van der Waals surface area contributed by atoms with Crippen LogP contribution in [0.2, 0.25) is 0 Å². The van der Waals surface area contributed by atoms with E-state index in [1.54, 1.807) is 19.2 Å². The highest BCUT2D eigenvalue weighted by atomic mass is 35.5. The number of hydrazone groups is 1. The molecule has 7 heteroatoms. The van der Waals surface area contributed by atoms with E-state index in [4.69, 9.17) is 11.6 Å². The molecule has 106 valence electrons. The van der Waals surface area contributed by atoms with Crippen molar-refractivity contribution in [1.82, 2.24) is 9.91 Å². The van der Waals surface area contributed by atoms with Crippen molar-refractivity contribution >= 4 is 28.6 Å². The Kier molecular flexibility index (Phi) is 4.04. The third kappa shape index (κ3) is 2.80. The SMILES string of the molecule is CC(=O)N(C)C1CN(C(=O)Cl)N=C1c1ccc(F)cc1. The lowest BCUT2D eigenvalue weighted by atomic mass is 10.0. The summed E-state index contributed by atoms with van der Waals surface area (Å²) in [4.78, 5) is 24.2. The van der Waals surface area contributed by atoms with Crippen molar-refractivity contribution in [3.8, 4) is 0 Å². The summed E-state index contributed by atoms with van der Waals surface area (Å²) in [6.45, 7) is 1.61. The number of hydrogen-bond donors (Lipinski definition) is 0. The van der Waals surface area contributed by atoms with Crippen molar-refractivity contribution < 1.29 is 14.0 Å². The molecule has 0 aromatic heterocycles. The molecule has 0 N–H and O–H groups in total. The van der Waals surface area contributed by atoms with E-state index in [1.165, 1.54) is 24.0 Å². The third-order valence-electron chi connectivity index (χ3n) is 3.20. The molecule has 0 radical (unpaired) electrons. The predicted octanol–water partition coefficient (Wildman–Crippen LogP) is 2.05. The van der Waals surface area contributed by atoms with Crippen molar-refractivity contribution in [3.05, 3.63) is 35.6 Å². The Morgan fingerprint density at radius 3 is 2.50 bits per heavy atom. The van der Waals surface area contributed by atoms with Gasteiger partial charge in [-0.3, -0.25) is 9.59 Å². The maximum absolute atomic E-state index is 13.0. The number of rotatable bonds is 2. The Hall–Kier alpha value is -1.95. The van der Waals surface area contributed by atoms with Gasteiger partial charge >= 0.3 is 5.37 Å². The lowest BCUT2D eigenvalue weighted by molar-refractivity contribution is -0.128. The van der Waals surface area contributed by atoms with Crippen molar-refractivity contribution in [2.45, 2.75) is 13.0 Å². The first-order chi connectivity index (χ1) is 9.40. The number of nitrogens with zero attached hydrogens (tertiary/aromatic N) is 3. The summed E-state index contributed by atoms with van der Waals surface area (Å²) in [5.74, 6) is -0.525. The summed E-state index contributed by atoms with van der Waals surface area (Å²) < 4.78 is 13.0. The second-order valence-electron chi connectivity index (χ2n) is 4.47. The van der Waals surface area contributed by atoms with Crippen LogP contribution in [0.25, 0.3) is 0 Å². The molecule has 20 heavy (non-hydrogen) atoms. The molecule has 1 atom stereocenters. The molecule has 1 aromatic carbocycles. The van der Waals surface area contributed by atoms with Gasteiger partial charge in [-0.2, -0.15) is 5.10 Å². The average molecular weight is 298 g/mol. The molecule has 1 heterocycles. The monoisotopic (exact) mass is 297 g/mol. The first-order valence-electron chi connectivity index (χ1n) is 5.95. The van der Waals surface area contributed by atoms with E-state index in [1.807, 2.05) is 0 Å². The minimum absolute atomic E-state index is 0.159. The van der Waals surface area contributed by atoms with E-state index in [9.17, 15) is 14.0 Å². The van der Waals surface area contributed by atoms with Crippen LogP contribution in [0.4, 0.5) is 9.18 Å². The Morgan fingerprint density at radius 1 is 1.40 bits per heavy atom. The van der Waals surface area contributed by atoms with Gasteiger partial charge in [-0.1, -0.05) is 12.1 Å². The smallest absolute Gasteiger partial charge is 0.335 e. The highest BCUT2D eigenvalue weighted by Gasteiger charge is 2.34. The minimum atomic E-state index is -0.718. The lowest BCUT2D eigenvalue weighted by Gasteiger charge is -2.24. The molecular formula is C13H13ClFN3O2. The molecule has 0 spiro atoms. The number of benzene rings is 1. The van der Waals surface area contributed by atoms with Crippen LogP contribution in [-0.2, 0) is 4.79 Å². The summed E-state index contributed by atoms with van der Waals surface area (Å²) in [5.41, 5.74) is 1.15. The topological polar surface area (TPSA) is 53.0 Å². The number of carbonyl (C=O) groups excluding carboxylic acids is 2. The summed E-state index contributed by atoms with van der Waals surface area (Å²) in [5, 5.41) is 4.49. The first kappa shape index (κ1) is 14.5. The van der Waals surface area contributed by atoms with Gasteiger partial charge in [0.1, 0.15) is 5.82 Å². The number of halogens is 2. The van der Waals surface area contributed by atoms with Crippen LogP contribution in [-0.4, -0.2) is 46.5 Å². The molecule has 2 amide bonds. The van der Waals surface area contributed by atoms with E-state index in [-0.39, 0.29) is 18.3 Å². The second kappa shape index (κ2) is 5.58. The van der Waals surface area contributed by atoms with Gasteiger partial charge < -0.3 is 4.90 Å². The number of likely N-dealkylation sites (N-methyl/N-ethyl adjacent to an activating group) is 1. The summed E-state index contributed by atoms with van der Waals surface area (Å²) in [7, 11) is 1.62. The maximum atomic E-state index is 13.0. The fourth-order valence-corrected chi connectivity index (χ4v) is 2.10. The standard InChI is InChI=1S/C13H13ClFN3O2/c1-8(19)17(2)11-7-18(13(14)20)16-12(11)9-3-5-10(15)6-4-9/h3-6,11H,7H2,1-2H3.